The number of ether oxygens (including phenoxy) is 2. The molecule has 27 heavy (non-hydrogen) atoms. The lowest BCUT2D eigenvalue weighted by atomic mass is 10.1. The van der Waals surface area contributed by atoms with Gasteiger partial charge in [-0.3, -0.25) is 0 Å². The van der Waals surface area contributed by atoms with Crippen molar-refractivity contribution < 1.29 is 29.3 Å². The van der Waals surface area contributed by atoms with E-state index in [1.165, 1.54) is 0 Å². The number of carbonyl (C=O) groups excluding carboxylic acids is 1. The molecule has 2 saturated heterocycles. The molecule has 0 spiro atoms. The molecule has 2 fully saturated rings. The molecular weight excluding hydrogens is 354 g/mol. The van der Waals surface area contributed by atoms with E-state index in [0.29, 0.717) is 39.5 Å². The summed E-state index contributed by atoms with van der Waals surface area (Å²) in [7, 11) is 0. The quantitative estimate of drug-likeness (QED) is 0.533. The second-order valence-corrected chi connectivity index (χ2v) is 6.64. The Morgan fingerprint density at radius 2 is 1.89 bits per heavy atom. The van der Waals surface area contributed by atoms with Crippen LogP contribution in [0, 0.1) is 0 Å². The van der Waals surface area contributed by atoms with E-state index in [-0.39, 0.29) is 24.2 Å². The number of hydrogen-bond donors (Lipinski definition) is 4. The minimum absolute atomic E-state index is 0.177. The minimum Gasteiger partial charge on any atom is -0.478 e. The van der Waals surface area contributed by atoms with E-state index in [1.807, 2.05) is 0 Å². The number of aromatic carboxylic acids is 1. The van der Waals surface area contributed by atoms with Crippen molar-refractivity contribution in [1.82, 2.24) is 15.5 Å². The Labute approximate surface area is 157 Å². The van der Waals surface area contributed by atoms with Crippen LogP contribution in [-0.4, -0.2) is 84.8 Å². The summed E-state index contributed by atoms with van der Waals surface area (Å²) in [6.45, 7) is 3.26. The highest BCUT2D eigenvalue weighted by Crippen LogP contribution is 2.15. The van der Waals surface area contributed by atoms with Crippen molar-refractivity contribution in [2.24, 2.45) is 0 Å². The van der Waals surface area contributed by atoms with Crippen LogP contribution in [0.5, 0.6) is 0 Å². The second kappa shape index (κ2) is 9.14. The fraction of sp³-hybridized carbons (Fsp3) is 0.556. The summed E-state index contributed by atoms with van der Waals surface area (Å²) in [5, 5.41) is 25.3. The molecular formula is C18H25N3O6. The molecule has 0 saturated carbocycles. The standard InChI is InChI=1S/C18H25N3O6/c22-16-14(19-9-12-1-3-13(4-2-12)17(23)24)11-27-15(16)10-20-18(25)21-5-7-26-8-6-21/h1-4,14-16,19,22H,5-11H2,(H,20,25)(H,23,24)/t14-,15-,16+/m1/s1. The number of benzene rings is 1. The van der Waals surface area contributed by atoms with Crippen molar-refractivity contribution in [3.05, 3.63) is 35.4 Å². The predicted octanol–water partition coefficient (Wildman–Crippen LogP) is -0.355. The van der Waals surface area contributed by atoms with Gasteiger partial charge in [-0.2, -0.15) is 0 Å². The summed E-state index contributed by atoms with van der Waals surface area (Å²) in [4.78, 5) is 24.6. The van der Waals surface area contributed by atoms with Crippen LogP contribution >= 0.6 is 0 Å². The Morgan fingerprint density at radius 1 is 1.19 bits per heavy atom. The highest BCUT2D eigenvalue weighted by Gasteiger charge is 2.35. The van der Waals surface area contributed by atoms with Gasteiger partial charge in [0.2, 0.25) is 0 Å². The monoisotopic (exact) mass is 379 g/mol. The molecule has 0 unspecified atom stereocenters. The maximum absolute atomic E-state index is 12.1. The predicted molar refractivity (Wildman–Crippen MR) is 95.6 cm³/mol. The van der Waals surface area contributed by atoms with Crippen LogP contribution < -0.4 is 10.6 Å². The number of nitrogens with one attached hydrogen (secondary N) is 2. The molecule has 2 aliphatic heterocycles. The normalized spacial score (nSPS) is 25.4. The Kier molecular flexibility index (Phi) is 6.62. The number of carbonyl (C=O) groups is 2. The number of aliphatic hydroxyl groups is 1. The third kappa shape index (κ3) is 5.16. The first-order valence-corrected chi connectivity index (χ1v) is 9.00. The molecule has 148 valence electrons. The summed E-state index contributed by atoms with van der Waals surface area (Å²) in [5.74, 6) is -0.962. The highest BCUT2D eigenvalue weighted by atomic mass is 16.5. The number of rotatable bonds is 6. The van der Waals surface area contributed by atoms with E-state index in [9.17, 15) is 14.7 Å². The van der Waals surface area contributed by atoms with Crippen LogP contribution in [0.3, 0.4) is 0 Å². The molecule has 2 heterocycles. The first-order chi connectivity index (χ1) is 13.0. The van der Waals surface area contributed by atoms with Crippen LogP contribution in [0.1, 0.15) is 15.9 Å². The minimum atomic E-state index is -0.962. The van der Waals surface area contributed by atoms with Crippen LogP contribution in [0.15, 0.2) is 24.3 Å². The Hall–Kier alpha value is -2.20. The van der Waals surface area contributed by atoms with Crippen molar-refractivity contribution in [1.29, 1.82) is 0 Å². The van der Waals surface area contributed by atoms with Gasteiger partial charge in [-0.05, 0) is 17.7 Å². The first-order valence-electron chi connectivity index (χ1n) is 9.00. The zero-order valence-corrected chi connectivity index (χ0v) is 15.0. The average Bonchev–Trinajstić information content (AvgIpc) is 3.05. The maximum Gasteiger partial charge on any atom is 0.335 e. The zero-order chi connectivity index (χ0) is 19.2. The fourth-order valence-corrected chi connectivity index (χ4v) is 3.12. The third-order valence-corrected chi connectivity index (χ3v) is 4.81. The van der Waals surface area contributed by atoms with Crippen molar-refractivity contribution >= 4 is 12.0 Å². The van der Waals surface area contributed by atoms with Crippen LogP contribution in [-0.2, 0) is 16.0 Å². The van der Waals surface area contributed by atoms with Crippen LogP contribution in [0.2, 0.25) is 0 Å². The smallest absolute Gasteiger partial charge is 0.335 e. The SMILES string of the molecule is O=C(O)c1ccc(CN[C@@H]2CO[C@H](CNC(=O)N3CCOCC3)[C@H]2O)cc1. The molecule has 0 aromatic heterocycles. The van der Waals surface area contributed by atoms with E-state index in [0.717, 1.165) is 5.56 Å². The number of urea groups is 1. The lowest BCUT2D eigenvalue weighted by molar-refractivity contribution is 0.0360. The van der Waals surface area contributed by atoms with Crippen molar-refractivity contribution in [3.8, 4) is 0 Å². The summed E-state index contributed by atoms with van der Waals surface area (Å²) in [5.41, 5.74) is 1.15. The molecule has 0 bridgehead atoms. The number of hydrogen-bond acceptors (Lipinski definition) is 6. The molecule has 1 aromatic carbocycles. The molecule has 3 rings (SSSR count). The summed E-state index contributed by atoms with van der Waals surface area (Å²) >= 11 is 0. The van der Waals surface area contributed by atoms with Gasteiger partial charge >= 0.3 is 12.0 Å². The molecule has 3 atom stereocenters. The third-order valence-electron chi connectivity index (χ3n) is 4.81. The van der Waals surface area contributed by atoms with Gasteiger partial charge in [0, 0.05) is 26.2 Å². The van der Waals surface area contributed by atoms with Crippen molar-refractivity contribution in [2.45, 2.75) is 24.8 Å². The van der Waals surface area contributed by atoms with E-state index >= 15 is 0 Å². The Bertz CT molecular complexity index is 647. The number of nitrogens with zero attached hydrogens (tertiary/aromatic N) is 1. The highest BCUT2D eigenvalue weighted by molar-refractivity contribution is 5.87. The zero-order valence-electron chi connectivity index (χ0n) is 15.0. The molecule has 0 aliphatic carbocycles. The van der Waals surface area contributed by atoms with Crippen LogP contribution in [0.25, 0.3) is 0 Å². The van der Waals surface area contributed by atoms with Gasteiger partial charge < -0.3 is 35.2 Å². The second-order valence-electron chi connectivity index (χ2n) is 6.64. The topological polar surface area (TPSA) is 120 Å². The summed E-state index contributed by atoms with van der Waals surface area (Å²) in [6, 6.07) is 6.13. The Balaban J connectivity index is 1.41. The number of aliphatic hydroxyl groups excluding tert-OH is 1. The average molecular weight is 379 g/mol. The lowest BCUT2D eigenvalue weighted by Crippen LogP contribution is -2.50. The maximum atomic E-state index is 12.1. The molecule has 1 aromatic rings. The van der Waals surface area contributed by atoms with E-state index < -0.39 is 18.2 Å². The molecule has 9 nitrogen and oxygen atoms in total. The number of carboxylic acid groups (broad SMARTS) is 1. The number of amides is 2. The lowest BCUT2D eigenvalue weighted by Gasteiger charge is -2.27. The Morgan fingerprint density at radius 3 is 2.56 bits per heavy atom. The van der Waals surface area contributed by atoms with Crippen LogP contribution in [0.4, 0.5) is 4.79 Å². The molecule has 2 aliphatic rings. The molecule has 4 N–H and O–H groups in total. The van der Waals surface area contributed by atoms with Gasteiger partial charge in [0.15, 0.2) is 0 Å². The number of morpholine rings is 1. The largest absolute Gasteiger partial charge is 0.478 e. The van der Waals surface area contributed by atoms with Gasteiger partial charge in [0.05, 0.1) is 37.5 Å². The van der Waals surface area contributed by atoms with E-state index in [4.69, 9.17) is 14.6 Å². The van der Waals surface area contributed by atoms with Crippen molar-refractivity contribution in [2.75, 3.05) is 39.5 Å². The van der Waals surface area contributed by atoms with Gasteiger partial charge in [-0.15, -0.1) is 0 Å². The first kappa shape index (κ1) is 19.6. The summed E-state index contributed by atoms with van der Waals surface area (Å²) in [6.07, 6.45) is -1.21. The molecule has 0 radical (unpaired) electrons. The van der Waals surface area contributed by atoms with Gasteiger partial charge in [0.25, 0.3) is 0 Å². The van der Waals surface area contributed by atoms with Gasteiger partial charge in [-0.1, -0.05) is 12.1 Å². The van der Waals surface area contributed by atoms with Crippen molar-refractivity contribution in [3.63, 3.8) is 0 Å². The number of carboxylic acids is 1. The van der Waals surface area contributed by atoms with Gasteiger partial charge in [0.1, 0.15) is 6.10 Å². The van der Waals surface area contributed by atoms with Gasteiger partial charge in [-0.25, -0.2) is 9.59 Å². The fourth-order valence-electron chi connectivity index (χ4n) is 3.12. The molecule has 2 amide bonds. The van der Waals surface area contributed by atoms with E-state index in [2.05, 4.69) is 10.6 Å². The summed E-state index contributed by atoms with van der Waals surface area (Å²) < 4.78 is 10.8. The van der Waals surface area contributed by atoms with E-state index in [1.54, 1.807) is 29.2 Å². The molecule has 9 heteroatoms.